The molecule has 2 saturated heterocycles. The smallest absolute Gasteiger partial charge is 0.254 e. The molecule has 3 heterocycles. The van der Waals surface area contributed by atoms with Gasteiger partial charge in [-0.2, -0.15) is 15.0 Å². The van der Waals surface area contributed by atoms with Gasteiger partial charge in [-0.25, -0.2) is 0 Å². The maximum Gasteiger partial charge on any atom is 0.254 e. The molecule has 2 aromatic rings. The average Bonchev–Trinajstić information content (AvgIpc) is 3.27. The Morgan fingerprint density at radius 2 is 1.64 bits per heavy atom. The van der Waals surface area contributed by atoms with Crippen LogP contribution in [0, 0.1) is 0 Å². The van der Waals surface area contributed by atoms with Crippen LogP contribution in [0.3, 0.4) is 0 Å². The first-order chi connectivity index (χ1) is 12.2. The maximum absolute atomic E-state index is 13.1. The summed E-state index contributed by atoms with van der Waals surface area (Å²) in [4.78, 5) is 17.0. The Hall–Kier alpha value is -2.57. The summed E-state index contributed by atoms with van der Waals surface area (Å²) in [6.45, 7) is 0. The van der Waals surface area contributed by atoms with Crippen LogP contribution in [0.25, 0.3) is 0 Å². The maximum atomic E-state index is 13.1. The van der Waals surface area contributed by atoms with Crippen LogP contribution in [-0.4, -0.2) is 52.1 Å². The van der Waals surface area contributed by atoms with E-state index < -0.39 is 0 Å². The zero-order valence-corrected chi connectivity index (χ0v) is 14.5. The third kappa shape index (κ3) is 2.73. The van der Waals surface area contributed by atoms with Crippen molar-refractivity contribution in [3.8, 4) is 11.5 Å². The predicted octanol–water partition coefficient (Wildman–Crippen LogP) is 2.30. The first kappa shape index (κ1) is 15.9. The monoisotopic (exact) mass is 342 g/mol. The third-order valence-electron chi connectivity index (χ3n) is 5.34. The minimum absolute atomic E-state index is 0.0697. The van der Waals surface area contributed by atoms with Crippen molar-refractivity contribution in [1.82, 2.24) is 19.9 Å². The highest BCUT2D eigenvalue weighted by Crippen LogP contribution is 2.41. The molecule has 0 radical (unpaired) electrons. The molecule has 7 heteroatoms. The Balaban J connectivity index is 1.56. The highest BCUT2D eigenvalue weighted by atomic mass is 16.5. The summed E-state index contributed by atoms with van der Waals surface area (Å²) in [5, 5.41) is 8.56. The largest absolute Gasteiger partial charge is 0.493 e. The number of carbonyl (C=O) groups excluding carboxylic acids is 1. The molecule has 2 aliphatic heterocycles. The number of aromatic nitrogens is 3. The van der Waals surface area contributed by atoms with Crippen LogP contribution in [0.5, 0.6) is 11.5 Å². The van der Waals surface area contributed by atoms with Crippen molar-refractivity contribution in [2.45, 2.75) is 43.8 Å². The molecule has 2 aliphatic rings. The molecule has 2 bridgehead atoms. The minimum atomic E-state index is 0.0697. The fourth-order valence-corrected chi connectivity index (χ4v) is 4.20. The molecule has 2 atom stereocenters. The van der Waals surface area contributed by atoms with Crippen molar-refractivity contribution in [2.24, 2.45) is 0 Å². The number of ether oxygens (including phenoxy) is 2. The molecule has 0 spiro atoms. The Labute approximate surface area is 146 Å². The number of rotatable bonds is 4. The van der Waals surface area contributed by atoms with E-state index in [1.54, 1.807) is 43.5 Å². The van der Waals surface area contributed by atoms with Gasteiger partial charge < -0.3 is 14.4 Å². The van der Waals surface area contributed by atoms with Crippen LogP contribution >= 0.6 is 0 Å². The van der Waals surface area contributed by atoms with E-state index in [4.69, 9.17) is 9.47 Å². The minimum Gasteiger partial charge on any atom is -0.493 e. The van der Waals surface area contributed by atoms with Crippen LogP contribution in [0.15, 0.2) is 30.6 Å². The molecule has 1 amide bonds. The second-order valence-corrected chi connectivity index (χ2v) is 6.64. The Morgan fingerprint density at radius 3 is 2.24 bits per heavy atom. The van der Waals surface area contributed by atoms with Crippen LogP contribution < -0.4 is 9.47 Å². The number of benzene rings is 1. The number of amides is 1. The third-order valence-corrected chi connectivity index (χ3v) is 5.34. The summed E-state index contributed by atoms with van der Waals surface area (Å²) in [7, 11) is 3.17. The summed E-state index contributed by atoms with van der Waals surface area (Å²) < 4.78 is 10.6. The molecule has 1 aromatic heterocycles. The van der Waals surface area contributed by atoms with Gasteiger partial charge in [0, 0.05) is 17.6 Å². The second kappa shape index (κ2) is 6.38. The van der Waals surface area contributed by atoms with E-state index in [1.807, 2.05) is 6.07 Å². The summed E-state index contributed by atoms with van der Waals surface area (Å²) in [5.74, 6) is 1.28. The van der Waals surface area contributed by atoms with Crippen molar-refractivity contribution >= 4 is 5.91 Å². The van der Waals surface area contributed by atoms with Crippen molar-refractivity contribution in [3.05, 3.63) is 36.2 Å². The van der Waals surface area contributed by atoms with Crippen molar-refractivity contribution in [1.29, 1.82) is 0 Å². The lowest BCUT2D eigenvalue weighted by Crippen LogP contribution is -2.47. The van der Waals surface area contributed by atoms with Crippen LogP contribution in [0.1, 0.15) is 42.1 Å². The fraction of sp³-hybridized carbons (Fsp3) is 0.500. The van der Waals surface area contributed by atoms with Gasteiger partial charge in [-0.1, -0.05) is 0 Å². The normalized spacial score (nSPS) is 25.0. The zero-order chi connectivity index (χ0) is 17.4. The van der Waals surface area contributed by atoms with Gasteiger partial charge in [0.05, 0.1) is 32.7 Å². The molecule has 7 nitrogen and oxygen atoms in total. The molecule has 0 saturated carbocycles. The number of fused-ring (bicyclic) bond motifs is 2. The van der Waals surface area contributed by atoms with Gasteiger partial charge in [-0.3, -0.25) is 4.79 Å². The van der Waals surface area contributed by atoms with Gasteiger partial charge in [0.2, 0.25) is 0 Å². The Bertz CT molecular complexity index is 748. The number of piperidine rings is 1. The molecule has 25 heavy (non-hydrogen) atoms. The van der Waals surface area contributed by atoms with Crippen LogP contribution in [0.2, 0.25) is 0 Å². The highest BCUT2D eigenvalue weighted by molar-refractivity contribution is 5.95. The number of nitrogens with zero attached hydrogens (tertiary/aromatic N) is 4. The van der Waals surface area contributed by atoms with Gasteiger partial charge in [-0.15, -0.1) is 0 Å². The van der Waals surface area contributed by atoms with Crippen LogP contribution in [-0.2, 0) is 0 Å². The van der Waals surface area contributed by atoms with Crippen LogP contribution in [0.4, 0.5) is 0 Å². The molecule has 2 fully saturated rings. The van der Waals surface area contributed by atoms with E-state index >= 15 is 0 Å². The van der Waals surface area contributed by atoms with Gasteiger partial charge in [-0.05, 0) is 43.9 Å². The topological polar surface area (TPSA) is 69.5 Å². The molecule has 1 aromatic carbocycles. The lowest BCUT2D eigenvalue weighted by Gasteiger charge is -2.38. The summed E-state index contributed by atoms with van der Waals surface area (Å²) in [6.07, 6.45) is 7.32. The quantitative estimate of drug-likeness (QED) is 0.853. The van der Waals surface area contributed by atoms with E-state index in [0.717, 1.165) is 25.7 Å². The van der Waals surface area contributed by atoms with E-state index in [2.05, 4.69) is 15.1 Å². The Morgan fingerprint density at radius 1 is 1.00 bits per heavy atom. The van der Waals surface area contributed by atoms with Crippen molar-refractivity contribution in [2.75, 3.05) is 14.2 Å². The van der Waals surface area contributed by atoms with Gasteiger partial charge in [0.25, 0.3) is 5.91 Å². The van der Waals surface area contributed by atoms with E-state index in [-0.39, 0.29) is 24.0 Å². The van der Waals surface area contributed by atoms with Gasteiger partial charge >= 0.3 is 0 Å². The summed E-state index contributed by atoms with van der Waals surface area (Å²) >= 11 is 0. The standard InChI is InChI=1S/C18H22N4O3/c1-24-16-6-3-12(9-17(16)25-2)18(23)21-13-4-5-14(21)11-15(10-13)22-19-7-8-20-22/h3,6-9,13-15H,4-5,10-11H2,1-2H3/t13-,14-/m0/s1. The number of carbonyl (C=O) groups is 1. The number of hydrogen-bond donors (Lipinski definition) is 0. The predicted molar refractivity (Wildman–Crippen MR) is 90.8 cm³/mol. The molecule has 132 valence electrons. The number of methoxy groups -OCH3 is 2. The summed E-state index contributed by atoms with van der Waals surface area (Å²) in [6, 6.07) is 6.13. The summed E-state index contributed by atoms with van der Waals surface area (Å²) in [5.41, 5.74) is 0.644. The van der Waals surface area contributed by atoms with E-state index in [9.17, 15) is 4.79 Å². The van der Waals surface area contributed by atoms with Crippen molar-refractivity contribution < 1.29 is 14.3 Å². The number of hydrogen-bond acceptors (Lipinski definition) is 5. The first-order valence-corrected chi connectivity index (χ1v) is 8.61. The fourth-order valence-electron chi connectivity index (χ4n) is 4.20. The van der Waals surface area contributed by atoms with E-state index in [0.29, 0.717) is 17.1 Å². The average molecular weight is 342 g/mol. The molecule has 0 unspecified atom stereocenters. The molecule has 0 aliphatic carbocycles. The molecule has 0 N–H and O–H groups in total. The Kier molecular flexibility index (Phi) is 4.07. The lowest BCUT2D eigenvalue weighted by molar-refractivity contribution is 0.0512. The van der Waals surface area contributed by atoms with Gasteiger partial charge in [0.1, 0.15) is 0 Å². The zero-order valence-electron chi connectivity index (χ0n) is 14.5. The molecular formula is C18H22N4O3. The molecular weight excluding hydrogens is 320 g/mol. The second-order valence-electron chi connectivity index (χ2n) is 6.64. The van der Waals surface area contributed by atoms with Crippen molar-refractivity contribution in [3.63, 3.8) is 0 Å². The SMILES string of the molecule is COc1ccc(C(=O)N2[C@H]3CC[C@H]2CC(n2nccn2)C3)cc1OC. The lowest BCUT2D eigenvalue weighted by atomic mass is 9.96. The van der Waals surface area contributed by atoms with E-state index in [1.165, 1.54) is 0 Å². The molecule has 4 rings (SSSR count). The highest BCUT2D eigenvalue weighted by Gasteiger charge is 2.44. The van der Waals surface area contributed by atoms with Gasteiger partial charge in [0.15, 0.2) is 11.5 Å². The first-order valence-electron chi connectivity index (χ1n) is 8.61.